The zero-order valence-corrected chi connectivity index (χ0v) is 24.0. The van der Waals surface area contributed by atoms with E-state index in [-0.39, 0.29) is 27.8 Å². The van der Waals surface area contributed by atoms with E-state index in [1.54, 1.807) is 5.56 Å². The molecular formula is C33H37BrP+. The summed E-state index contributed by atoms with van der Waals surface area (Å²) in [5.41, 5.74) is 5.00. The number of hydrogen-bond acceptors (Lipinski definition) is 0. The molecule has 0 N–H and O–H groups in total. The molecule has 0 radical (unpaired) electrons. The van der Waals surface area contributed by atoms with Gasteiger partial charge in [0.25, 0.3) is 0 Å². The Morgan fingerprint density at radius 1 is 0.543 bits per heavy atom. The van der Waals surface area contributed by atoms with E-state index in [4.69, 9.17) is 0 Å². The Morgan fingerprint density at radius 3 is 1.37 bits per heavy atom. The molecule has 2 heteroatoms. The Hall–Kier alpha value is -2.21. The van der Waals surface area contributed by atoms with Crippen molar-refractivity contribution in [1.82, 2.24) is 0 Å². The molecule has 0 saturated heterocycles. The summed E-state index contributed by atoms with van der Waals surface area (Å²) < 4.78 is 0. The highest BCUT2D eigenvalue weighted by Crippen LogP contribution is 2.58. The van der Waals surface area contributed by atoms with Crippen LogP contribution in [0.25, 0.3) is 0 Å². The molecular weight excluding hydrogens is 507 g/mol. The molecule has 0 nitrogen and oxygen atoms in total. The summed E-state index contributed by atoms with van der Waals surface area (Å²) >= 11 is 0. The van der Waals surface area contributed by atoms with E-state index in [1.165, 1.54) is 39.9 Å². The molecule has 4 aromatic carbocycles. The molecule has 0 atom stereocenters. The van der Waals surface area contributed by atoms with Gasteiger partial charge in [-0.3, -0.25) is 0 Å². The Balaban J connectivity index is 0.00000289. The van der Waals surface area contributed by atoms with Crippen molar-refractivity contribution in [2.24, 2.45) is 0 Å². The molecule has 0 fully saturated rings. The van der Waals surface area contributed by atoms with Crippen molar-refractivity contribution in [2.45, 2.75) is 57.5 Å². The first-order valence-corrected chi connectivity index (χ1v) is 14.5. The minimum Gasteiger partial charge on any atom is -0.114 e. The van der Waals surface area contributed by atoms with Gasteiger partial charge in [-0.1, -0.05) is 100 Å². The molecule has 0 amide bonds. The molecule has 1 aliphatic carbocycles. The van der Waals surface area contributed by atoms with Crippen LogP contribution in [0, 0.1) is 0 Å². The summed E-state index contributed by atoms with van der Waals surface area (Å²) in [6.07, 6.45) is 3.53. The largest absolute Gasteiger partial charge is 0.116 e. The molecule has 0 saturated carbocycles. The lowest BCUT2D eigenvalue weighted by Crippen LogP contribution is -2.34. The van der Waals surface area contributed by atoms with Gasteiger partial charge in [0.05, 0.1) is 6.16 Å². The van der Waals surface area contributed by atoms with Crippen molar-refractivity contribution in [3.05, 3.63) is 126 Å². The lowest BCUT2D eigenvalue weighted by molar-refractivity contribution is 0.331. The Labute approximate surface area is 222 Å². The van der Waals surface area contributed by atoms with E-state index in [0.717, 1.165) is 6.16 Å². The first-order chi connectivity index (χ1) is 16.3. The zero-order valence-electron chi connectivity index (χ0n) is 21.4. The third-order valence-electron chi connectivity index (χ3n) is 7.93. The van der Waals surface area contributed by atoms with Crippen molar-refractivity contribution in [3.8, 4) is 0 Å². The van der Waals surface area contributed by atoms with Gasteiger partial charge in [0.2, 0.25) is 0 Å². The fourth-order valence-electron chi connectivity index (χ4n) is 5.78. The smallest absolute Gasteiger partial charge is 0.114 e. The van der Waals surface area contributed by atoms with E-state index in [1.807, 2.05) is 0 Å². The van der Waals surface area contributed by atoms with Crippen LogP contribution in [0.15, 0.2) is 109 Å². The maximum Gasteiger partial charge on any atom is 0.116 e. The van der Waals surface area contributed by atoms with Crippen molar-refractivity contribution >= 4 is 40.2 Å². The summed E-state index contributed by atoms with van der Waals surface area (Å²) in [5, 5.41) is 4.35. The van der Waals surface area contributed by atoms with Crippen molar-refractivity contribution in [2.75, 3.05) is 0 Å². The summed E-state index contributed by atoms with van der Waals surface area (Å²) in [7, 11) is -1.89. The number of benzene rings is 4. The van der Waals surface area contributed by atoms with E-state index in [2.05, 4.69) is 137 Å². The number of fused-ring (bicyclic) bond motifs is 1. The van der Waals surface area contributed by atoms with E-state index >= 15 is 0 Å². The third kappa shape index (κ3) is 4.78. The average Bonchev–Trinajstić information content (AvgIpc) is 2.87. The lowest BCUT2D eigenvalue weighted by atomic mass is 9.63. The Bertz CT molecular complexity index is 1160. The highest BCUT2D eigenvalue weighted by atomic mass is 79.9. The van der Waals surface area contributed by atoms with Crippen LogP contribution in [0.3, 0.4) is 0 Å². The van der Waals surface area contributed by atoms with Gasteiger partial charge in [-0.2, -0.15) is 0 Å². The summed E-state index contributed by atoms with van der Waals surface area (Å²) in [4.78, 5) is 0. The molecule has 35 heavy (non-hydrogen) atoms. The van der Waals surface area contributed by atoms with Crippen LogP contribution in [0.5, 0.6) is 0 Å². The molecule has 0 bridgehead atoms. The van der Waals surface area contributed by atoms with E-state index in [0.29, 0.717) is 0 Å². The van der Waals surface area contributed by atoms with Crippen LogP contribution < -0.4 is 15.9 Å². The number of halogens is 1. The second-order valence-corrected chi connectivity index (χ2v) is 14.6. The molecule has 0 heterocycles. The lowest BCUT2D eigenvalue weighted by Gasteiger charge is -2.42. The van der Waals surface area contributed by atoms with Gasteiger partial charge in [-0.25, -0.2) is 0 Å². The monoisotopic (exact) mass is 543 g/mol. The van der Waals surface area contributed by atoms with Crippen LogP contribution >= 0.6 is 24.2 Å². The second kappa shape index (κ2) is 10.0. The molecule has 180 valence electrons. The number of hydrogen-bond donors (Lipinski definition) is 0. The first kappa shape index (κ1) is 25.9. The molecule has 0 aliphatic heterocycles. The standard InChI is InChI=1S/C33H36P.BrH/c1-32(2)22-23-33(3,4)31-24-26(20-21-30(31)32)25-34(27-14-8-5-9-15-27,28-16-10-6-11-17-28)29-18-12-7-13-19-29;/h5-21,24H,22-23,25H2,1-4H3;1H/q+1;. The molecule has 5 rings (SSSR count). The van der Waals surface area contributed by atoms with Gasteiger partial charge in [0.15, 0.2) is 0 Å². The second-order valence-electron chi connectivity index (χ2n) is 11.1. The third-order valence-corrected chi connectivity index (χ3v) is 12.3. The Morgan fingerprint density at radius 2 is 0.943 bits per heavy atom. The molecule has 0 unspecified atom stereocenters. The van der Waals surface area contributed by atoms with E-state index in [9.17, 15) is 0 Å². The molecule has 4 aromatic rings. The van der Waals surface area contributed by atoms with Gasteiger partial charge in [0.1, 0.15) is 23.2 Å². The van der Waals surface area contributed by atoms with Crippen molar-refractivity contribution in [3.63, 3.8) is 0 Å². The maximum atomic E-state index is 2.56. The zero-order chi connectivity index (χ0) is 23.8. The van der Waals surface area contributed by atoms with Gasteiger partial charge < -0.3 is 0 Å². The topological polar surface area (TPSA) is 0 Å². The highest BCUT2D eigenvalue weighted by molar-refractivity contribution is 8.93. The SMILES string of the molecule is Br.CC1(C)CCC(C)(C)c2cc(C[P+](c3ccccc3)(c3ccccc3)c3ccccc3)ccc21. The minimum atomic E-state index is -1.89. The quantitative estimate of drug-likeness (QED) is 0.223. The molecule has 0 spiro atoms. The van der Waals surface area contributed by atoms with Gasteiger partial charge in [0, 0.05) is 0 Å². The maximum absolute atomic E-state index is 2.56. The fourth-order valence-corrected chi connectivity index (χ4v) is 10.0. The predicted molar refractivity (Wildman–Crippen MR) is 161 cm³/mol. The summed E-state index contributed by atoms with van der Waals surface area (Å²) in [5.74, 6) is 0. The highest BCUT2D eigenvalue weighted by Gasteiger charge is 2.46. The summed E-state index contributed by atoms with van der Waals surface area (Å²) in [6, 6.07) is 41.1. The van der Waals surface area contributed by atoms with Gasteiger partial charge in [-0.15, -0.1) is 17.0 Å². The van der Waals surface area contributed by atoms with Crippen LogP contribution in [0.4, 0.5) is 0 Å². The van der Waals surface area contributed by atoms with Crippen LogP contribution in [0.2, 0.25) is 0 Å². The molecule has 0 aromatic heterocycles. The average molecular weight is 545 g/mol. The normalized spacial score (nSPS) is 16.1. The molecule has 1 aliphatic rings. The van der Waals surface area contributed by atoms with Gasteiger partial charge in [-0.05, 0) is 76.8 Å². The van der Waals surface area contributed by atoms with Crippen LogP contribution in [-0.2, 0) is 17.0 Å². The Kier molecular flexibility index (Phi) is 7.42. The summed E-state index contributed by atoms with van der Waals surface area (Å²) in [6.45, 7) is 9.68. The minimum absolute atomic E-state index is 0. The predicted octanol–water partition coefficient (Wildman–Crippen LogP) is 8.11. The fraction of sp³-hybridized carbons (Fsp3) is 0.273. The van der Waals surface area contributed by atoms with E-state index < -0.39 is 7.26 Å². The number of rotatable bonds is 5. The van der Waals surface area contributed by atoms with Gasteiger partial charge >= 0.3 is 0 Å². The van der Waals surface area contributed by atoms with Crippen LogP contribution in [0.1, 0.15) is 57.2 Å². The first-order valence-electron chi connectivity index (χ1n) is 12.5. The van der Waals surface area contributed by atoms with Crippen molar-refractivity contribution in [1.29, 1.82) is 0 Å². The van der Waals surface area contributed by atoms with Crippen LogP contribution in [-0.4, -0.2) is 0 Å². The van der Waals surface area contributed by atoms with Crippen molar-refractivity contribution < 1.29 is 0 Å².